The normalized spacial score (nSPS) is 17.3. The molecule has 3 rings (SSSR count). The smallest absolute Gasteiger partial charge is 0.125 e. The summed E-state index contributed by atoms with van der Waals surface area (Å²) < 4.78 is 15.5. The van der Waals surface area contributed by atoms with Gasteiger partial charge < -0.3 is 10.3 Å². The van der Waals surface area contributed by atoms with E-state index in [9.17, 15) is 4.39 Å². The Morgan fingerprint density at radius 1 is 1.50 bits per heavy atom. The number of hydrogen-bond donors (Lipinski definition) is 1. The van der Waals surface area contributed by atoms with Crippen LogP contribution in [0.4, 0.5) is 4.39 Å². The molecule has 96 valence electrons. The van der Waals surface area contributed by atoms with Gasteiger partial charge in [-0.15, -0.1) is 0 Å². The van der Waals surface area contributed by atoms with Crippen LogP contribution in [0.1, 0.15) is 31.6 Å². The van der Waals surface area contributed by atoms with E-state index in [-0.39, 0.29) is 5.82 Å². The van der Waals surface area contributed by atoms with Crippen molar-refractivity contribution in [3.8, 4) is 0 Å². The first kappa shape index (κ1) is 11.7. The molecule has 2 aromatic rings. The summed E-state index contributed by atoms with van der Waals surface area (Å²) in [5, 5.41) is 0. The third-order valence-electron chi connectivity index (χ3n) is 3.57. The fourth-order valence-corrected chi connectivity index (χ4v) is 2.40. The van der Waals surface area contributed by atoms with E-state index in [0.29, 0.717) is 18.5 Å². The predicted octanol–water partition coefficient (Wildman–Crippen LogP) is 2.65. The van der Waals surface area contributed by atoms with Gasteiger partial charge in [0.2, 0.25) is 0 Å². The van der Waals surface area contributed by atoms with Crippen LogP contribution in [0, 0.1) is 11.7 Å². The fourth-order valence-electron chi connectivity index (χ4n) is 2.40. The van der Waals surface area contributed by atoms with Crippen LogP contribution in [-0.2, 0) is 6.42 Å². The topological polar surface area (TPSA) is 43.8 Å². The molecule has 0 saturated heterocycles. The molecule has 1 saturated carbocycles. The van der Waals surface area contributed by atoms with Crippen molar-refractivity contribution in [1.82, 2.24) is 9.55 Å². The van der Waals surface area contributed by atoms with Crippen LogP contribution in [0.25, 0.3) is 11.0 Å². The van der Waals surface area contributed by atoms with Crippen LogP contribution >= 0.6 is 0 Å². The van der Waals surface area contributed by atoms with Gasteiger partial charge in [0.05, 0.1) is 11.0 Å². The molecule has 3 nitrogen and oxygen atoms in total. The van der Waals surface area contributed by atoms with E-state index in [1.165, 1.54) is 25.0 Å². The SMILES string of the molecule is CC(CN)Cc1nc2cc(F)ccc2n1C1CC1. The van der Waals surface area contributed by atoms with Crippen molar-refractivity contribution in [3.05, 3.63) is 29.8 Å². The first-order valence-corrected chi connectivity index (χ1v) is 6.55. The van der Waals surface area contributed by atoms with Crippen molar-refractivity contribution in [2.75, 3.05) is 6.54 Å². The minimum Gasteiger partial charge on any atom is -0.330 e. The zero-order valence-corrected chi connectivity index (χ0v) is 10.6. The standard InChI is InChI=1S/C14H18FN3/c1-9(8-16)6-14-17-12-7-10(15)2-5-13(12)18(14)11-3-4-11/h2,5,7,9,11H,3-4,6,8,16H2,1H3. The van der Waals surface area contributed by atoms with E-state index in [4.69, 9.17) is 5.73 Å². The van der Waals surface area contributed by atoms with Crippen LogP contribution in [-0.4, -0.2) is 16.1 Å². The minimum absolute atomic E-state index is 0.221. The molecule has 0 spiro atoms. The molecule has 0 radical (unpaired) electrons. The number of fused-ring (bicyclic) bond motifs is 1. The van der Waals surface area contributed by atoms with Gasteiger partial charge in [0.15, 0.2) is 0 Å². The second kappa shape index (κ2) is 4.35. The van der Waals surface area contributed by atoms with E-state index in [2.05, 4.69) is 16.5 Å². The number of rotatable bonds is 4. The molecular weight excluding hydrogens is 229 g/mol. The molecule has 1 heterocycles. The lowest BCUT2D eigenvalue weighted by Gasteiger charge is -2.11. The molecule has 1 aromatic carbocycles. The number of aromatic nitrogens is 2. The summed E-state index contributed by atoms with van der Waals surface area (Å²) >= 11 is 0. The van der Waals surface area contributed by atoms with Crippen molar-refractivity contribution in [1.29, 1.82) is 0 Å². The number of nitrogens with two attached hydrogens (primary N) is 1. The molecule has 1 aromatic heterocycles. The maximum absolute atomic E-state index is 13.3. The van der Waals surface area contributed by atoms with E-state index >= 15 is 0 Å². The summed E-state index contributed by atoms with van der Waals surface area (Å²) in [6, 6.07) is 5.43. The lowest BCUT2D eigenvalue weighted by atomic mass is 10.1. The first-order chi connectivity index (χ1) is 8.69. The molecule has 1 aliphatic carbocycles. The lowest BCUT2D eigenvalue weighted by molar-refractivity contribution is 0.550. The highest BCUT2D eigenvalue weighted by Crippen LogP contribution is 2.39. The van der Waals surface area contributed by atoms with Crippen LogP contribution in [0.3, 0.4) is 0 Å². The highest BCUT2D eigenvalue weighted by Gasteiger charge is 2.28. The van der Waals surface area contributed by atoms with Gasteiger partial charge in [0, 0.05) is 18.5 Å². The quantitative estimate of drug-likeness (QED) is 0.902. The number of benzene rings is 1. The molecule has 1 fully saturated rings. The van der Waals surface area contributed by atoms with Gasteiger partial charge >= 0.3 is 0 Å². The van der Waals surface area contributed by atoms with Crippen molar-refractivity contribution < 1.29 is 4.39 Å². The van der Waals surface area contributed by atoms with Crippen LogP contribution in [0.5, 0.6) is 0 Å². The van der Waals surface area contributed by atoms with Crippen molar-refractivity contribution in [2.45, 2.75) is 32.2 Å². The molecule has 1 atom stereocenters. The average Bonchev–Trinajstić information content (AvgIpc) is 3.11. The molecule has 18 heavy (non-hydrogen) atoms. The monoisotopic (exact) mass is 247 g/mol. The minimum atomic E-state index is -0.221. The van der Waals surface area contributed by atoms with Crippen LogP contribution in [0.2, 0.25) is 0 Å². The third-order valence-corrected chi connectivity index (χ3v) is 3.57. The van der Waals surface area contributed by atoms with Crippen molar-refractivity contribution in [2.24, 2.45) is 11.7 Å². The molecule has 1 aliphatic rings. The number of hydrogen-bond acceptors (Lipinski definition) is 2. The Hall–Kier alpha value is -1.42. The molecule has 2 N–H and O–H groups in total. The van der Waals surface area contributed by atoms with Crippen LogP contribution < -0.4 is 5.73 Å². The lowest BCUT2D eigenvalue weighted by Crippen LogP contribution is -2.15. The Morgan fingerprint density at radius 3 is 2.94 bits per heavy atom. The second-order valence-corrected chi connectivity index (χ2v) is 5.31. The maximum Gasteiger partial charge on any atom is 0.125 e. The van der Waals surface area contributed by atoms with E-state index in [1.54, 1.807) is 0 Å². The Bertz CT molecular complexity index is 572. The van der Waals surface area contributed by atoms with Crippen molar-refractivity contribution in [3.63, 3.8) is 0 Å². The second-order valence-electron chi connectivity index (χ2n) is 5.31. The van der Waals surface area contributed by atoms with E-state index in [0.717, 1.165) is 23.3 Å². The number of halogens is 1. The van der Waals surface area contributed by atoms with E-state index in [1.807, 2.05) is 6.07 Å². The fraction of sp³-hybridized carbons (Fsp3) is 0.500. The highest BCUT2D eigenvalue weighted by atomic mass is 19.1. The van der Waals surface area contributed by atoms with Gasteiger partial charge in [-0.25, -0.2) is 9.37 Å². The Kier molecular flexibility index (Phi) is 2.82. The zero-order chi connectivity index (χ0) is 12.7. The summed E-state index contributed by atoms with van der Waals surface area (Å²) in [5.41, 5.74) is 7.50. The van der Waals surface area contributed by atoms with Gasteiger partial charge in [0.1, 0.15) is 11.6 Å². The Balaban J connectivity index is 2.08. The number of imidazole rings is 1. The highest BCUT2D eigenvalue weighted by molar-refractivity contribution is 5.76. The molecule has 0 aliphatic heterocycles. The summed E-state index contributed by atoms with van der Waals surface area (Å²) in [6.07, 6.45) is 3.27. The maximum atomic E-state index is 13.3. The Morgan fingerprint density at radius 2 is 2.28 bits per heavy atom. The molecule has 1 unspecified atom stereocenters. The predicted molar refractivity (Wildman–Crippen MR) is 69.9 cm³/mol. The number of nitrogens with zero attached hydrogens (tertiary/aromatic N) is 2. The molecular formula is C14H18FN3. The summed E-state index contributed by atoms with van der Waals surface area (Å²) in [5.74, 6) is 1.24. The Labute approximate surface area is 106 Å². The van der Waals surface area contributed by atoms with E-state index < -0.39 is 0 Å². The molecule has 4 heteroatoms. The van der Waals surface area contributed by atoms with Gasteiger partial charge in [-0.05, 0) is 37.4 Å². The summed E-state index contributed by atoms with van der Waals surface area (Å²) in [7, 11) is 0. The van der Waals surface area contributed by atoms with Crippen molar-refractivity contribution >= 4 is 11.0 Å². The largest absolute Gasteiger partial charge is 0.330 e. The first-order valence-electron chi connectivity index (χ1n) is 6.55. The average molecular weight is 247 g/mol. The van der Waals surface area contributed by atoms with Crippen LogP contribution in [0.15, 0.2) is 18.2 Å². The van der Waals surface area contributed by atoms with Gasteiger partial charge in [-0.3, -0.25) is 0 Å². The summed E-state index contributed by atoms with van der Waals surface area (Å²) in [6.45, 7) is 2.78. The molecule has 0 bridgehead atoms. The summed E-state index contributed by atoms with van der Waals surface area (Å²) in [4.78, 5) is 4.59. The zero-order valence-electron chi connectivity index (χ0n) is 10.6. The van der Waals surface area contributed by atoms with Gasteiger partial charge in [-0.1, -0.05) is 6.92 Å². The van der Waals surface area contributed by atoms with Gasteiger partial charge in [0.25, 0.3) is 0 Å². The third kappa shape index (κ3) is 2.01. The van der Waals surface area contributed by atoms with Gasteiger partial charge in [-0.2, -0.15) is 0 Å². The molecule has 0 amide bonds.